The van der Waals surface area contributed by atoms with Gasteiger partial charge in [0.15, 0.2) is 0 Å². The molecule has 0 aliphatic heterocycles. The maximum absolute atomic E-state index is 8.50. The molecule has 0 aliphatic rings. The molecule has 0 spiro atoms. The highest BCUT2D eigenvalue weighted by Crippen LogP contribution is 2.39. The SMILES string of the molecule is CS(CO)(CO)CO. The zero-order valence-corrected chi connectivity index (χ0v) is 5.69. The number of rotatable bonds is 3. The Kier molecular flexibility index (Phi) is 3.39. The van der Waals surface area contributed by atoms with E-state index >= 15 is 0 Å². The van der Waals surface area contributed by atoms with E-state index in [4.69, 9.17) is 15.3 Å². The molecule has 3 N–H and O–H groups in total. The summed E-state index contributed by atoms with van der Waals surface area (Å²) >= 11 is 0. The number of aliphatic hydroxyl groups excluding tert-OH is 3. The topological polar surface area (TPSA) is 60.7 Å². The first-order valence-electron chi connectivity index (χ1n) is 2.22. The minimum Gasteiger partial charge on any atom is -0.387 e. The van der Waals surface area contributed by atoms with Gasteiger partial charge in [0.05, 0.1) is 17.8 Å². The van der Waals surface area contributed by atoms with Gasteiger partial charge in [0.1, 0.15) is 0 Å². The third-order valence-corrected chi connectivity index (χ3v) is 2.81. The van der Waals surface area contributed by atoms with Gasteiger partial charge in [-0.3, -0.25) is 0 Å². The summed E-state index contributed by atoms with van der Waals surface area (Å²) in [7, 11) is -1.49. The highest BCUT2D eigenvalue weighted by molar-refractivity contribution is 8.32. The molecular formula is C4H12O3S. The molecule has 3 nitrogen and oxygen atoms in total. The number of hydrogen-bond acceptors (Lipinski definition) is 3. The molecule has 8 heavy (non-hydrogen) atoms. The summed E-state index contributed by atoms with van der Waals surface area (Å²) in [5, 5.41) is 25.5. The maximum Gasteiger partial charge on any atom is 0.0770 e. The summed E-state index contributed by atoms with van der Waals surface area (Å²) in [6.07, 6.45) is 1.69. The van der Waals surface area contributed by atoms with Gasteiger partial charge in [0.2, 0.25) is 0 Å². The van der Waals surface area contributed by atoms with Crippen molar-refractivity contribution in [1.82, 2.24) is 0 Å². The van der Waals surface area contributed by atoms with Crippen molar-refractivity contribution in [3.05, 3.63) is 0 Å². The van der Waals surface area contributed by atoms with Crippen LogP contribution < -0.4 is 0 Å². The molecule has 0 aromatic heterocycles. The normalized spacial score (nSPS) is 14.0. The standard InChI is InChI=1S/C4H12O3S/c1-8(2-5,3-6)4-7/h5-7H,2-4H2,1H3. The largest absolute Gasteiger partial charge is 0.387 e. The van der Waals surface area contributed by atoms with Crippen molar-refractivity contribution in [3.8, 4) is 0 Å². The van der Waals surface area contributed by atoms with Crippen LogP contribution in [0.2, 0.25) is 0 Å². The smallest absolute Gasteiger partial charge is 0.0770 e. The molecular weight excluding hydrogens is 128 g/mol. The van der Waals surface area contributed by atoms with Gasteiger partial charge < -0.3 is 15.3 Å². The summed E-state index contributed by atoms with van der Waals surface area (Å²) in [5.74, 6) is -0.292. The lowest BCUT2D eigenvalue weighted by Gasteiger charge is -2.27. The molecule has 0 rings (SSSR count). The van der Waals surface area contributed by atoms with Crippen LogP contribution in [0.5, 0.6) is 0 Å². The van der Waals surface area contributed by atoms with E-state index in [0.29, 0.717) is 0 Å². The maximum atomic E-state index is 8.50. The van der Waals surface area contributed by atoms with Gasteiger partial charge in [-0.2, -0.15) is 10.0 Å². The number of hydrogen-bond donors (Lipinski definition) is 3. The Morgan fingerprint density at radius 2 is 1.25 bits per heavy atom. The summed E-state index contributed by atoms with van der Waals surface area (Å²) < 4.78 is 0. The second-order valence-electron chi connectivity index (χ2n) is 1.87. The van der Waals surface area contributed by atoms with E-state index in [9.17, 15) is 0 Å². The van der Waals surface area contributed by atoms with Gasteiger partial charge in [-0.25, -0.2) is 0 Å². The zero-order chi connectivity index (χ0) is 6.62. The first-order valence-corrected chi connectivity index (χ1v) is 4.77. The molecule has 0 fully saturated rings. The van der Waals surface area contributed by atoms with Gasteiger partial charge in [-0.15, -0.1) is 0 Å². The van der Waals surface area contributed by atoms with E-state index in [2.05, 4.69) is 0 Å². The van der Waals surface area contributed by atoms with Crippen LogP contribution in [0.1, 0.15) is 0 Å². The molecule has 0 atom stereocenters. The van der Waals surface area contributed by atoms with Gasteiger partial charge in [0, 0.05) is 0 Å². The summed E-state index contributed by atoms with van der Waals surface area (Å²) in [5.41, 5.74) is 0. The van der Waals surface area contributed by atoms with Crippen molar-refractivity contribution in [2.24, 2.45) is 0 Å². The van der Waals surface area contributed by atoms with Crippen molar-refractivity contribution >= 4 is 10.0 Å². The molecule has 0 bridgehead atoms. The Labute approximate surface area is 50.3 Å². The number of aliphatic hydroxyl groups is 3. The Balaban J connectivity index is 3.58. The monoisotopic (exact) mass is 140 g/mol. The fraction of sp³-hybridized carbons (Fsp3) is 1.00. The average Bonchev–Trinajstić information content (AvgIpc) is 1.87. The van der Waals surface area contributed by atoms with E-state index < -0.39 is 10.0 Å². The molecule has 0 aromatic carbocycles. The first kappa shape index (κ1) is 8.23. The lowest BCUT2D eigenvalue weighted by molar-refractivity contribution is 0.323. The highest BCUT2D eigenvalue weighted by Gasteiger charge is 2.12. The van der Waals surface area contributed by atoms with Crippen LogP contribution in [0, 0.1) is 0 Å². The van der Waals surface area contributed by atoms with Crippen molar-refractivity contribution in [2.75, 3.05) is 24.1 Å². The molecule has 0 aliphatic carbocycles. The van der Waals surface area contributed by atoms with Crippen LogP contribution in [-0.4, -0.2) is 39.4 Å². The fourth-order valence-electron chi connectivity index (χ4n) is 0.122. The lowest BCUT2D eigenvalue weighted by atomic mass is 11.6. The first-order chi connectivity index (χ1) is 3.68. The van der Waals surface area contributed by atoms with E-state index in [0.717, 1.165) is 0 Å². The molecule has 0 unspecified atom stereocenters. The predicted octanol–water partition coefficient (Wildman–Crippen LogP) is -0.730. The Hall–Kier alpha value is 0.230. The molecule has 0 aromatic rings. The molecule has 4 heteroatoms. The van der Waals surface area contributed by atoms with Gasteiger partial charge >= 0.3 is 0 Å². The third kappa shape index (κ3) is 2.00. The molecule has 0 amide bonds. The van der Waals surface area contributed by atoms with E-state index in [1.54, 1.807) is 6.26 Å². The van der Waals surface area contributed by atoms with Crippen molar-refractivity contribution < 1.29 is 15.3 Å². The van der Waals surface area contributed by atoms with Crippen LogP contribution >= 0.6 is 10.0 Å². The quantitative estimate of drug-likeness (QED) is 0.484. The fourth-order valence-corrected chi connectivity index (χ4v) is 0.367. The Morgan fingerprint density at radius 1 is 1.00 bits per heavy atom. The van der Waals surface area contributed by atoms with Gasteiger partial charge in [0.25, 0.3) is 0 Å². The predicted molar refractivity (Wildman–Crippen MR) is 34.8 cm³/mol. The lowest BCUT2D eigenvalue weighted by Crippen LogP contribution is -2.10. The Bertz CT molecular complexity index is 54.0. The van der Waals surface area contributed by atoms with Gasteiger partial charge in [-0.05, 0) is 6.26 Å². The second kappa shape index (κ2) is 3.29. The van der Waals surface area contributed by atoms with E-state index in [1.807, 2.05) is 0 Å². The van der Waals surface area contributed by atoms with Crippen LogP contribution in [0.15, 0.2) is 0 Å². The minimum atomic E-state index is -1.49. The third-order valence-electron chi connectivity index (χ3n) is 0.935. The van der Waals surface area contributed by atoms with Crippen LogP contribution in [-0.2, 0) is 0 Å². The van der Waals surface area contributed by atoms with E-state index in [-0.39, 0.29) is 17.8 Å². The minimum absolute atomic E-state index is 0.0972. The molecule has 0 radical (unpaired) electrons. The summed E-state index contributed by atoms with van der Waals surface area (Å²) in [4.78, 5) is 0. The average molecular weight is 140 g/mol. The van der Waals surface area contributed by atoms with Gasteiger partial charge in [-0.1, -0.05) is 0 Å². The van der Waals surface area contributed by atoms with Crippen molar-refractivity contribution in [1.29, 1.82) is 0 Å². The highest BCUT2D eigenvalue weighted by atomic mass is 32.3. The Morgan fingerprint density at radius 3 is 1.25 bits per heavy atom. The second-order valence-corrected chi connectivity index (χ2v) is 5.60. The summed E-state index contributed by atoms with van der Waals surface area (Å²) in [6, 6.07) is 0. The van der Waals surface area contributed by atoms with Crippen molar-refractivity contribution in [3.63, 3.8) is 0 Å². The molecule has 52 valence electrons. The van der Waals surface area contributed by atoms with Crippen molar-refractivity contribution in [2.45, 2.75) is 0 Å². The molecule has 0 heterocycles. The summed E-state index contributed by atoms with van der Waals surface area (Å²) in [6.45, 7) is 0. The van der Waals surface area contributed by atoms with Crippen LogP contribution in [0.25, 0.3) is 0 Å². The van der Waals surface area contributed by atoms with E-state index in [1.165, 1.54) is 0 Å². The molecule has 0 saturated heterocycles. The zero-order valence-electron chi connectivity index (χ0n) is 4.87. The van der Waals surface area contributed by atoms with Crippen LogP contribution in [0.4, 0.5) is 0 Å². The molecule has 0 saturated carbocycles. The van der Waals surface area contributed by atoms with Crippen LogP contribution in [0.3, 0.4) is 0 Å².